The van der Waals surface area contributed by atoms with Gasteiger partial charge in [0.05, 0.1) is 20.3 Å². The van der Waals surface area contributed by atoms with E-state index in [1.165, 1.54) is 7.11 Å². The summed E-state index contributed by atoms with van der Waals surface area (Å²) in [5, 5.41) is 3.92. The summed E-state index contributed by atoms with van der Waals surface area (Å²) in [6.07, 6.45) is 0.970. The number of ether oxygens (including phenoxy) is 3. The molecule has 0 aliphatic carbocycles. The molecule has 1 aromatic carbocycles. The molecule has 5 nitrogen and oxygen atoms in total. The number of methoxy groups -OCH3 is 2. The van der Waals surface area contributed by atoms with Gasteiger partial charge in [0, 0.05) is 37.2 Å². The minimum atomic E-state index is -0.226. The molecule has 0 saturated carbocycles. The molecule has 0 aliphatic rings. The molecule has 118 valence electrons. The predicted octanol–water partition coefficient (Wildman–Crippen LogP) is 2.41. The Balaban J connectivity index is 2.46. The van der Waals surface area contributed by atoms with Gasteiger partial charge in [-0.2, -0.15) is 0 Å². The minimum absolute atomic E-state index is 0.226. The number of benzene rings is 1. The molecule has 0 unspecified atom stereocenters. The highest BCUT2D eigenvalue weighted by Gasteiger charge is 2.06. The highest BCUT2D eigenvalue weighted by atomic mass is 35.5. The topological polar surface area (TPSA) is 56.8 Å². The molecule has 1 aromatic rings. The van der Waals surface area contributed by atoms with E-state index >= 15 is 0 Å². The van der Waals surface area contributed by atoms with Crippen molar-refractivity contribution in [2.75, 3.05) is 34.0 Å². The summed E-state index contributed by atoms with van der Waals surface area (Å²) in [7, 11) is 3.04. The molecule has 0 bridgehead atoms. The van der Waals surface area contributed by atoms with Crippen LogP contribution in [0.25, 0.3) is 0 Å². The summed E-state index contributed by atoms with van der Waals surface area (Å²) in [6.45, 7) is 2.51. The smallest absolute Gasteiger partial charge is 0.305 e. The largest absolute Gasteiger partial charge is 0.493 e. The molecule has 0 radical (unpaired) electrons. The third-order valence-corrected chi connectivity index (χ3v) is 3.07. The number of nitrogens with one attached hydrogen (secondary N) is 1. The second-order valence-electron chi connectivity index (χ2n) is 4.45. The van der Waals surface area contributed by atoms with Crippen LogP contribution in [0.2, 0.25) is 5.02 Å². The lowest BCUT2D eigenvalue weighted by Gasteiger charge is -2.12. The lowest BCUT2D eigenvalue weighted by Crippen LogP contribution is -2.19. The van der Waals surface area contributed by atoms with Crippen molar-refractivity contribution in [3.05, 3.63) is 28.8 Å². The Kier molecular flexibility index (Phi) is 8.82. The summed E-state index contributed by atoms with van der Waals surface area (Å²) in [6, 6.07) is 5.50. The van der Waals surface area contributed by atoms with Crippen molar-refractivity contribution in [1.82, 2.24) is 5.32 Å². The van der Waals surface area contributed by atoms with E-state index in [4.69, 9.17) is 21.1 Å². The van der Waals surface area contributed by atoms with Crippen LogP contribution in [0.1, 0.15) is 18.4 Å². The second kappa shape index (κ2) is 10.4. The van der Waals surface area contributed by atoms with Crippen LogP contribution in [0, 0.1) is 0 Å². The SMILES string of the molecule is COCCNCc1cc(Cl)ccc1OCCCC(=O)OC. The molecule has 21 heavy (non-hydrogen) atoms. The quantitative estimate of drug-likeness (QED) is 0.531. The van der Waals surface area contributed by atoms with Gasteiger partial charge in [0.2, 0.25) is 0 Å². The van der Waals surface area contributed by atoms with Crippen molar-refractivity contribution in [2.45, 2.75) is 19.4 Å². The van der Waals surface area contributed by atoms with Crippen molar-refractivity contribution in [3.8, 4) is 5.75 Å². The first-order valence-electron chi connectivity index (χ1n) is 6.85. The highest BCUT2D eigenvalue weighted by molar-refractivity contribution is 6.30. The monoisotopic (exact) mass is 315 g/mol. The van der Waals surface area contributed by atoms with Crippen molar-refractivity contribution in [1.29, 1.82) is 0 Å². The Hall–Kier alpha value is -1.30. The van der Waals surface area contributed by atoms with Gasteiger partial charge in [0.25, 0.3) is 0 Å². The molecule has 0 heterocycles. The van der Waals surface area contributed by atoms with Gasteiger partial charge >= 0.3 is 5.97 Å². The van der Waals surface area contributed by atoms with E-state index in [-0.39, 0.29) is 5.97 Å². The number of hydrogen-bond acceptors (Lipinski definition) is 5. The fourth-order valence-corrected chi connectivity index (χ4v) is 1.92. The molecule has 6 heteroatoms. The van der Waals surface area contributed by atoms with Crippen molar-refractivity contribution < 1.29 is 19.0 Å². The molecule has 0 saturated heterocycles. The maximum Gasteiger partial charge on any atom is 0.305 e. The molecular formula is C15H22ClNO4. The maximum atomic E-state index is 11.0. The van der Waals surface area contributed by atoms with Crippen LogP contribution in [0.3, 0.4) is 0 Å². The molecular weight excluding hydrogens is 294 g/mol. The summed E-state index contributed by atoms with van der Waals surface area (Å²) < 4.78 is 15.3. The molecule has 0 aliphatic heterocycles. The number of rotatable bonds is 10. The molecule has 0 atom stereocenters. The van der Waals surface area contributed by atoms with Gasteiger partial charge in [0.1, 0.15) is 5.75 Å². The molecule has 0 fully saturated rings. The molecule has 0 aromatic heterocycles. The highest BCUT2D eigenvalue weighted by Crippen LogP contribution is 2.23. The molecule has 1 N–H and O–H groups in total. The van der Waals surface area contributed by atoms with Crippen LogP contribution in [0.5, 0.6) is 5.75 Å². The van der Waals surface area contributed by atoms with Gasteiger partial charge in [-0.15, -0.1) is 0 Å². The van der Waals surface area contributed by atoms with E-state index in [0.717, 1.165) is 17.9 Å². The van der Waals surface area contributed by atoms with Crippen LogP contribution >= 0.6 is 11.6 Å². The summed E-state index contributed by atoms with van der Waals surface area (Å²) in [5.41, 5.74) is 0.983. The number of carbonyl (C=O) groups excluding carboxylic acids is 1. The average Bonchev–Trinajstić information content (AvgIpc) is 2.49. The standard InChI is InChI=1S/C15H22ClNO4/c1-19-9-7-17-11-12-10-13(16)5-6-14(12)21-8-3-4-15(18)20-2/h5-6,10,17H,3-4,7-9,11H2,1-2H3. The van der Waals surface area contributed by atoms with Crippen LogP contribution < -0.4 is 10.1 Å². The summed E-state index contributed by atoms with van der Waals surface area (Å²) in [4.78, 5) is 11.0. The third-order valence-electron chi connectivity index (χ3n) is 2.83. The Labute approximate surface area is 130 Å². The molecule has 0 amide bonds. The first kappa shape index (κ1) is 17.8. The Bertz CT molecular complexity index is 440. The van der Waals surface area contributed by atoms with E-state index in [1.54, 1.807) is 13.2 Å². The summed E-state index contributed by atoms with van der Waals surface area (Å²) in [5.74, 6) is 0.547. The van der Waals surface area contributed by atoms with Crippen molar-refractivity contribution >= 4 is 17.6 Å². The zero-order valence-electron chi connectivity index (χ0n) is 12.5. The molecule has 1 rings (SSSR count). The average molecular weight is 316 g/mol. The van der Waals surface area contributed by atoms with E-state index in [1.807, 2.05) is 12.1 Å². The number of carbonyl (C=O) groups is 1. The van der Waals surface area contributed by atoms with Crippen LogP contribution in [-0.4, -0.2) is 39.9 Å². The third kappa shape index (κ3) is 7.32. The van der Waals surface area contributed by atoms with Crippen LogP contribution in [0.15, 0.2) is 18.2 Å². The Morgan fingerprint density at radius 3 is 2.81 bits per heavy atom. The van der Waals surface area contributed by atoms with Gasteiger partial charge in [-0.05, 0) is 24.6 Å². The second-order valence-corrected chi connectivity index (χ2v) is 4.89. The van der Waals surface area contributed by atoms with Crippen LogP contribution in [0.4, 0.5) is 0 Å². The predicted molar refractivity (Wildman–Crippen MR) is 81.8 cm³/mol. The molecule has 0 spiro atoms. The Morgan fingerprint density at radius 2 is 2.10 bits per heavy atom. The van der Waals surface area contributed by atoms with Gasteiger partial charge < -0.3 is 19.5 Å². The van der Waals surface area contributed by atoms with Gasteiger partial charge in [-0.3, -0.25) is 4.79 Å². The van der Waals surface area contributed by atoms with Crippen molar-refractivity contribution in [3.63, 3.8) is 0 Å². The van der Waals surface area contributed by atoms with Crippen molar-refractivity contribution in [2.24, 2.45) is 0 Å². The summed E-state index contributed by atoms with van der Waals surface area (Å²) >= 11 is 6.01. The normalized spacial score (nSPS) is 10.4. The van der Waals surface area contributed by atoms with E-state index in [0.29, 0.717) is 37.6 Å². The number of hydrogen-bond donors (Lipinski definition) is 1. The maximum absolute atomic E-state index is 11.0. The lowest BCUT2D eigenvalue weighted by atomic mass is 10.2. The first-order chi connectivity index (χ1) is 10.2. The van der Waals surface area contributed by atoms with E-state index in [9.17, 15) is 4.79 Å². The Morgan fingerprint density at radius 1 is 1.29 bits per heavy atom. The fourth-order valence-electron chi connectivity index (χ4n) is 1.72. The fraction of sp³-hybridized carbons (Fsp3) is 0.533. The zero-order valence-corrected chi connectivity index (χ0v) is 13.2. The zero-order chi connectivity index (χ0) is 15.5. The first-order valence-corrected chi connectivity index (χ1v) is 7.23. The van der Waals surface area contributed by atoms with Crippen LogP contribution in [-0.2, 0) is 20.8 Å². The lowest BCUT2D eigenvalue weighted by molar-refractivity contribution is -0.140. The minimum Gasteiger partial charge on any atom is -0.493 e. The number of halogens is 1. The van der Waals surface area contributed by atoms with E-state index in [2.05, 4.69) is 10.1 Å². The van der Waals surface area contributed by atoms with Gasteiger partial charge in [0.15, 0.2) is 0 Å². The van der Waals surface area contributed by atoms with Gasteiger partial charge in [-0.25, -0.2) is 0 Å². The van der Waals surface area contributed by atoms with E-state index < -0.39 is 0 Å². The number of esters is 1. The van der Waals surface area contributed by atoms with Gasteiger partial charge in [-0.1, -0.05) is 11.6 Å².